The highest BCUT2D eigenvalue weighted by Gasteiger charge is 2.17. The number of hydrogen-bond donors (Lipinski definition) is 1. The second kappa shape index (κ2) is 14.7. The Morgan fingerprint density at radius 2 is 1.75 bits per heavy atom. The van der Waals surface area contributed by atoms with Gasteiger partial charge in [0.05, 0.1) is 0 Å². The molecule has 1 aromatic carbocycles. The SMILES string of the molecule is C=C(C)/C(CC)=C(\C(=C)C1=CCCC1)c1ccc(C)cc1.C=C=CCC.CN. The summed E-state index contributed by atoms with van der Waals surface area (Å²) in [7, 11) is 1.50. The van der Waals surface area contributed by atoms with Gasteiger partial charge in [0.2, 0.25) is 0 Å². The van der Waals surface area contributed by atoms with Crippen molar-refractivity contribution in [1.82, 2.24) is 0 Å². The van der Waals surface area contributed by atoms with Gasteiger partial charge in [-0.25, -0.2) is 0 Å². The van der Waals surface area contributed by atoms with Crippen molar-refractivity contribution in [2.45, 2.75) is 59.8 Å². The van der Waals surface area contributed by atoms with Crippen LogP contribution in [0, 0.1) is 6.92 Å². The number of allylic oxidation sites excluding steroid dienone is 7. The van der Waals surface area contributed by atoms with E-state index in [-0.39, 0.29) is 0 Å². The molecule has 0 bridgehead atoms. The largest absolute Gasteiger partial charge is 0.333 e. The minimum atomic E-state index is 0.991. The number of nitrogens with two attached hydrogens (primary N) is 1. The van der Waals surface area contributed by atoms with Crippen LogP contribution in [0.4, 0.5) is 0 Å². The van der Waals surface area contributed by atoms with Gasteiger partial charge in [-0.2, -0.15) is 0 Å². The number of hydrogen-bond acceptors (Lipinski definition) is 1. The van der Waals surface area contributed by atoms with Crippen molar-refractivity contribution >= 4 is 5.57 Å². The molecule has 0 saturated heterocycles. The predicted molar refractivity (Wildman–Crippen MR) is 128 cm³/mol. The zero-order chi connectivity index (χ0) is 21.5. The summed E-state index contributed by atoms with van der Waals surface area (Å²) in [5.41, 5.74) is 16.1. The Kier molecular flexibility index (Phi) is 13.5. The quantitative estimate of drug-likeness (QED) is 0.398. The number of rotatable bonds is 6. The lowest BCUT2D eigenvalue weighted by molar-refractivity contribution is 0.913. The summed E-state index contributed by atoms with van der Waals surface area (Å²) in [6.07, 6.45) is 9.87. The first kappa shape index (κ1) is 25.7. The molecule has 1 heteroatoms. The highest BCUT2D eigenvalue weighted by molar-refractivity contribution is 5.87. The van der Waals surface area contributed by atoms with Crippen LogP contribution in [-0.2, 0) is 0 Å². The zero-order valence-corrected chi connectivity index (χ0v) is 18.7. The van der Waals surface area contributed by atoms with Gasteiger partial charge in [-0.05, 0) is 86.9 Å². The summed E-state index contributed by atoms with van der Waals surface area (Å²) in [4.78, 5) is 0. The molecule has 0 fully saturated rings. The average molecular weight is 378 g/mol. The van der Waals surface area contributed by atoms with Crippen LogP contribution in [0.1, 0.15) is 64.0 Å². The maximum Gasteiger partial charge on any atom is -0.00803 e. The highest BCUT2D eigenvalue weighted by atomic mass is 14.4. The van der Waals surface area contributed by atoms with Crippen molar-refractivity contribution in [2.75, 3.05) is 7.05 Å². The Labute approximate surface area is 173 Å². The molecule has 2 N–H and O–H groups in total. The predicted octanol–water partition coefficient (Wildman–Crippen LogP) is 7.71. The fourth-order valence-electron chi connectivity index (χ4n) is 3.19. The molecular formula is C27H39N. The van der Waals surface area contributed by atoms with Gasteiger partial charge in [-0.3, -0.25) is 0 Å². The molecule has 0 aliphatic heterocycles. The first-order valence-electron chi connectivity index (χ1n) is 10.2. The minimum absolute atomic E-state index is 0.991. The Morgan fingerprint density at radius 1 is 1.14 bits per heavy atom. The molecule has 0 spiro atoms. The van der Waals surface area contributed by atoms with Gasteiger partial charge in [0.25, 0.3) is 0 Å². The molecule has 0 unspecified atom stereocenters. The Hall–Kier alpha value is -2.34. The van der Waals surface area contributed by atoms with Gasteiger partial charge in [0.1, 0.15) is 0 Å². The molecule has 0 atom stereocenters. The molecule has 1 aliphatic carbocycles. The molecular weight excluding hydrogens is 338 g/mol. The van der Waals surface area contributed by atoms with Gasteiger partial charge >= 0.3 is 0 Å². The van der Waals surface area contributed by atoms with Gasteiger partial charge < -0.3 is 5.73 Å². The fraction of sp³-hybridized carbons (Fsp3) is 0.370. The number of aryl methyl sites for hydroxylation is 1. The van der Waals surface area contributed by atoms with E-state index in [9.17, 15) is 0 Å². The second-order valence-corrected chi connectivity index (χ2v) is 6.77. The molecule has 1 aromatic rings. The molecule has 0 saturated carbocycles. The van der Waals surface area contributed by atoms with Crippen molar-refractivity contribution in [3.8, 4) is 0 Å². The summed E-state index contributed by atoms with van der Waals surface area (Å²) in [5, 5.41) is 0. The highest BCUT2D eigenvalue weighted by Crippen LogP contribution is 2.37. The van der Waals surface area contributed by atoms with E-state index in [1.165, 1.54) is 53.3 Å². The lowest BCUT2D eigenvalue weighted by Crippen LogP contribution is -1.98. The van der Waals surface area contributed by atoms with E-state index in [2.05, 4.69) is 89.2 Å². The Bertz CT molecular complexity index is 735. The smallest absolute Gasteiger partial charge is 0.00803 e. The molecule has 1 nitrogen and oxygen atoms in total. The lowest BCUT2D eigenvalue weighted by atomic mass is 9.86. The summed E-state index contributed by atoms with van der Waals surface area (Å²) in [6.45, 7) is 20.5. The fourth-order valence-corrected chi connectivity index (χ4v) is 3.19. The molecule has 28 heavy (non-hydrogen) atoms. The Morgan fingerprint density at radius 3 is 2.11 bits per heavy atom. The van der Waals surface area contributed by atoms with E-state index < -0.39 is 0 Å². The van der Waals surface area contributed by atoms with E-state index in [1.807, 2.05) is 6.08 Å². The Balaban J connectivity index is 0.000000906. The van der Waals surface area contributed by atoms with Crippen molar-refractivity contribution in [3.05, 3.63) is 95.3 Å². The minimum Gasteiger partial charge on any atom is -0.333 e. The van der Waals surface area contributed by atoms with Crippen LogP contribution in [-0.4, -0.2) is 7.05 Å². The molecule has 1 aliphatic rings. The first-order valence-corrected chi connectivity index (χ1v) is 10.2. The van der Waals surface area contributed by atoms with Gasteiger partial charge in [-0.15, -0.1) is 5.73 Å². The third-order valence-electron chi connectivity index (χ3n) is 4.59. The van der Waals surface area contributed by atoms with Gasteiger partial charge in [-0.1, -0.05) is 75.1 Å². The van der Waals surface area contributed by atoms with Crippen LogP contribution in [0.2, 0.25) is 0 Å². The number of benzene rings is 1. The van der Waals surface area contributed by atoms with Gasteiger partial charge in [0.15, 0.2) is 0 Å². The van der Waals surface area contributed by atoms with Gasteiger partial charge in [0, 0.05) is 0 Å². The van der Waals surface area contributed by atoms with Crippen LogP contribution in [0.15, 0.2) is 84.2 Å². The monoisotopic (exact) mass is 377 g/mol. The maximum absolute atomic E-state index is 4.50. The summed E-state index contributed by atoms with van der Waals surface area (Å²) < 4.78 is 0. The third-order valence-corrected chi connectivity index (χ3v) is 4.59. The molecule has 2 rings (SSSR count). The maximum atomic E-state index is 4.50. The van der Waals surface area contributed by atoms with E-state index >= 15 is 0 Å². The van der Waals surface area contributed by atoms with Crippen molar-refractivity contribution < 1.29 is 0 Å². The van der Waals surface area contributed by atoms with Crippen LogP contribution in [0.5, 0.6) is 0 Å². The topological polar surface area (TPSA) is 26.0 Å². The average Bonchev–Trinajstić information content (AvgIpc) is 3.24. The zero-order valence-electron chi connectivity index (χ0n) is 18.7. The first-order chi connectivity index (χ1) is 13.5. The summed E-state index contributed by atoms with van der Waals surface area (Å²) >= 11 is 0. The van der Waals surface area contributed by atoms with E-state index in [4.69, 9.17) is 0 Å². The second-order valence-electron chi connectivity index (χ2n) is 6.77. The van der Waals surface area contributed by atoms with Crippen LogP contribution >= 0.6 is 0 Å². The molecule has 0 heterocycles. The third kappa shape index (κ3) is 8.13. The van der Waals surface area contributed by atoms with E-state index in [0.717, 1.165) is 24.8 Å². The van der Waals surface area contributed by atoms with Crippen LogP contribution < -0.4 is 5.73 Å². The molecule has 0 aromatic heterocycles. The normalized spacial score (nSPS) is 12.9. The molecule has 0 amide bonds. The van der Waals surface area contributed by atoms with E-state index in [1.54, 1.807) is 0 Å². The van der Waals surface area contributed by atoms with Crippen LogP contribution in [0.25, 0.3) is 5.57 Å². The molecule has 152 valence electrons. The summed E-state index contributed by atoms with van der Waals surface area (Å²) in [5.74, 6) is 0. The van der Waals surface area contributed by atoms with Crippen LogP contribution in [0.3, 0.4) is 0 Å². The van der Waals surface area contributed by atoms with E-state index in [0.29, 0.717) is 0 Å². The molecule has 0 radical (unpaired) electrons. The van der Waals surface area contributed by atoms with Crippen molar-refractivity contribution in [2.24, 2.45) is 5.73 Å². The summed E-state index contributed by atoms with van der Waals surface area (Å²) in [6, 6.07) is 8.78. The van der Waals surface area contributed by atoms with Crippen molar-refractivity contribution in [1.29, 1.82) is 0 Å². The lowest BCUT2D eigenvalue weighted by Gasteiger charge is -2.19. The standard InChI is InChI=1S/C21H26.C5H8.CH5N/c1-6-20(15(2)3)21(17(5)18-9-7-8-10-18)19-13-11-16(4)12-14-19;1-3-5-4-2;1-2/h9,11-14H,2,5-8,10H2,1,3-4H3;5H,1,4H2,2H3;2H2,1H3/b21-20+;;. The van der Waals surface area contributed by atoms with Crippen molar-refractivity contribution in [3.63, 3.8) is 0 Å².